The van der Waals surface area contributed by atoms with E-state index in [1.54, 1.807) is 5.38 Å². The highest BCUT2D eigenvalue weighted by Gasteiger charge is 2.35. The molecule has 0 saturated carbocycles. The SMILES string of the molecule is CC(C)c1csc(C(=O)NC2CCN(c3cccc(OC(F)(F)F)c3)C2=O)n1. The van der Waals surface area contributed by atoms with Crippen molar-refractivity contribution in [3.05, 3.63) is 40.3 Å². The van der Waals surface area contributed by atoms with Gasteiger partial charge in [-0.15, -0.1) is 24.5 Å². The van der Waals surface area contributed by atoms with Crippen LogP contribution in [0, 0.1) is 0 Å². The molecule has 1 aliphatic heterocycles. The summed E-state index contributed by atoms with van der Waals surface area (Å²) < 4.78 is 41.1. The summed E-state index contributed by atoms with van der Waals surface area (Å²) in [5.74, 6) is -1.05. The molecule has 28 heavy (non-hydrogen) atoms. The van der Waals surface area contributed by atoms with E-state index < -0.39 is 30.0 Å². The largest absolute Gasteiger partial charge is 0.573 e. The zero-order valence-electron chi connectivity index (χ0n) is 15.1. The van der Waals surface area contributed by atoms with Crippen LogP contribution >= 0.6 is 11.3 Å². The monoisotopic (exact) mass is 413 g/mol. The van der Waals surface area contributed by atoms with Gasteiger partial charge in [0.1, 0.15) is 11.8 Å². The van der Waals surface area contributed by atoms with E-state index in [0.29, 0.717) is 6.42 Å². The number of benzene rings is 1. The van der Waals surface area contributed by atoms with E-state index in [9.17, 15) is 22.8 Å². The summed E-state index contributed by atoms with van der Waals surface area (Å²) in [6.07, 6.45) is -4.47. The quantitative estimate of drug-likeness (QED) is 0.812. The van der Waals surface area contributed by atoms with Gasteiger partial charge >= 0.3 is 6.36 Å². The van der Waals surface area contributed by atoms with Crippen molar-refractivity contribution in [1.29, 1.82) is 0 Å². The van der Waals surface area contributed by atoms with Crippen molar-refractivity contribution < 1.29 is 27.5 Å². The fraction of sp³-hybridized carbons (Fsp3) is 0.389. The van der Waals surface area contributed by atoms with Crippen LogP contribution in [-0.2, 0) is 4.79 Å². The van der Waals surface area contributed by atoms with Gasteiger partial charge in [-0.3, -0.25) is 9.59 Å². The Morgan fingerprint density at radius 3 is 2.79 bits per heavy atom. The van der Waals surface area contributed by atoms with Crippen molar-refractivity contribution in [1.82, 2.24) is 10.3 Å². The fourth-order valence-electron chi connectivity index (χ4n) is 2.79. The number of hydrogen-bond acceptors (Lipinski definition) is 5. The number of amides is 2. The van der Waals surface area contributed by atoms with Crippen LogP contribution in [0.5, 0.6) is 5.75 Å². The molecule has 0 aliphatic carbocycles. The maximum atomic E-state index is 12.6. The molecule has 2 amide bonds. The van der Waals surface area contributed by atoms with E-state index in [0.717, 1.165) is 17.8 Å². The highest BCUT2D eigenvalue weighted by molar-refractivity contribution is 7.11. The highest BCUT2D eigenvalue weighted by Crippen LogP contribution is 2.29. The van der Waals surface area contributed by atoms with E-state index in [1.807, 2.05) is 13.8 Å². The summed E-state index contributed by atoms with van der Waals surface area (Å²) in [6.45, 7) is 4.20. The predicted molar refractivity (Wildman–Crippen MR) is 97.6 cm³/mol. The zero-order chi connectivity index (χ0) is 20.5. The predicted octanol–water partition coefficient (Wildman–Crippen LogP) is 3.70. The van der Waals surface area contributed by atoms with Crippen LogP contribution in [-0.4, -0.2) is 35.7 Å². The molecule has 1 N–H and O–H groups in total. The van der Waals surface area contributed by atoms with Crippen LogP contribution in [0.15, 0.2) is 29.6 Å². The third-order valence-corrected chi connectivity index (χ3v) is 5.04. The molecule has 1 unspecified atom stereocenters. The maximum absolute atomic E-state index is 12.6. The van der Waals surface area contributed by atoms with E-state index in [4.69, 9.17) is 0 Å². The minimum Gasteiger partial charge on any atom is -0.406 e. The van der Waals surface area contributed by atoms with Crippen molar-refractivity contribution in [2.24, 2.45) is 0 Å². The molecule has 1 saturated heterocycles. The fourth-order valence-corrected chi connectivity index (χ4v) is 3.68. The van der Waals surface area contributed by atoms with Crippen LogP contribution in [0.3, 0.4) is 0 Å². The first-order chi connectivity index (χ1) is 13.1. The molecule has 3 rings (SSSR count). The van der Waals surface area contributed by atoms with Gasteiger partial charge < -0.3 is 15.0 Å². The third kappa shape index (κ3) is 4.61. The van der Waals surface area contributed by atoms with E-state index in [2.05, 4.69) is 15.0 Å². The number of anilines is 1. The molecule has 0 spiro atoms. The topological polar surface area (TPSA) is 71.5 Å². The number of ether oxygens (including phenoxy) is 1. The Bertz CT molecular complexity index is 882. The van der Waals surface area contributed by atoms with Crippen LogP contribution in [0.25, 0.3) is 0 Å². The van der Waals surface area contributed by atoms with E-state index in [-0.39, 0.29) is 23.2 Å². The summed E-state index contributed by atoms with van der Waals surface area (Å²) in [5, 5.41) is 4.73. The molecular formula is C18H18F3N3O3S. The van der Waals surface area contributed by atoms with Gasteiger partial charge in [-0.25, -0.2) is 4.98 Å². The second kappa shape index (κ2) is 7.78. The maximum Gasteiger partial charge on any atom is 0.573 e. The first kappa shape index (κ1) is 20.1. The van der Waals surface area contributed by atoms with Crippen molar-refractivity contribution >= 4 is 28.8 Å². The summed E-state index contributed by atoms with van der Waals surface area (Å²) >= 11 is 1.20. The molecule has 0 bridgehead atoms. The Hall–Kier alpha value is -2.62. The number of rotatable bonds is 5. The second-order valence-corrected chi connectivity index (χ2v) is 7.44. The number of alkyl halides is 3. The van der Waals surface area contributed by atoms with Crippen molar-refractivity contribution in [3.8, 4) is 5.75 Å². The molecule has 1 aliphatic rings. The van der Waals surface area contributed by atoms with Gasteiger partial charge in [-0.1, -0.05) is 19.9 Å². The van der Waals surface area contributed by atoms with Gasteiger partial charge in [0.15, 0.2) is 5.01 Å². The lowest BCUT2D eigenvalue weighted by Gasteiger charge is -2.18. The summed E-state index contributed by atoms with van der Waals surface area (Å²) in [5.41, 5.74) is 1.08. The molecule has 1 atom stereocenters. The third-order valence-electron chi connectivity index (χ3n) is 4.18. The Morgan fingerprint density at radius 1 is 1.39 bits per heavy atom. The number of aromatic nitrogens is 1. The van der Waals surface area contributed by atoms with Crippen LogP contribution in [0.4, 0.5) is 18.9 Å². The first-order valence-electron chi connectivity index (χ1n) is 8.57. The molecule has 150 valence electrons. The molecular weight excluding hydrogens is 395 g/mol. The van der Waals surface area contributed by atoms with Crippen LogP contribution in [0.2, 0.25) is 0 Å². The van der Waals surface area contributed by atoms with Crippen molar-refractivity contribution in [2.45, 2.75) is 38.6 Å². The van der Waals surface area contributed by atoms with Crippen LogP contribution in [0.1, 0.15) is 41.7 Å². The molecule has 6 nitrogen and oxygen atoms in total. The number of thiazole rings is 1. The Labute approximate surface area is 163 Å². The Morgan fingerprint density at radius 2 is 2.14 bits per heavy atom. The summed E-state index contributed by atoms with van der Waals surface area (Å²) in [6, 6.07) is 4.43. The number of carbonyl (C=O) groups is 2. The van der Waals surface area contributed by atoms with Gasteiger partial charge in [0.2, 0.25) is 5.91 Å². The van der Waals surface area contributed by atoms with Crippen LogP contribution < -0.4 is 15.0 Å². The van der Waals surface area contributed by atoms with E-state index >= 15 is 0 Å². The lowest BCUT2D eigenvalue weighted by atomic mass is 10.2. The van der Waals surface area contributed by atoms with Gasteiger partial charge in [0.05, 0.1) is 5.69 Å². The van der Waals surface area contributed by atoms with Gasteiger partial charge in [-0.2, -0.15) is 0 Å². The average molecular weight is 413 g/mol. The smallest absolute Gasteiger partial charge is 0.406 e. The molecule has 2 heterocycles. The molecule has 1 aromatic heterocycles. The average Bonchev–Trinajstić information content (AvgIpc) is 3.22. The molecule has 0 radical (unpaired) electrons. The normalized spacial score (nSPS) is 17.3. The minimum absolute atomic E-state index is 0.188. The molecule has 2 aromatic rings. The summed E-state index contributed by atoms with van der Waals surface area (Å²) in [4.78, 5) is 30.6. The molecule has 1 fully saturated rings. The Kier molecular flexibility index (Phi) is 5.59. The van der Waals surface area contributed by atoms with E-state index in [1.165, 1.54) is 28.4 Å². The first-order valence-corrected chi connectivity index (χ1v) is 9.45. The zero-order valence-corrected chi connectivity index (χ0v) is 15.9. The lowest BCUT2D eigenvalue weighted by Crippen LogP contribution is -2.41. The van der Waals surface area contributed by atoms with Crippen molar-refractivity contribution in [2.75, 3.05) is 11.4 Å². The minimum atomic E-state index is -4.81. The Balaban J connectivity index is 1.67. The van der Waals surface area contributed by atoms with Crippen molar-refractivity contribution in [3.63, 3.8) is 0 Å². The summed E-state index contributed by atoms with van der Waals surface area (Å²) in [7, 11) is 0. The number of halogens is 3. The lowest BCUT2D eigenvalue weighted by molar-refractivity contribution is -0.274. The highest BCUT2D eigenvalue weighted by atomic mass is 32.1. The number of hydrogen-bond donors (Lipinski definition) is 1. The number of nitrogens with one attached hydrogen (secondary N) is 1. The standard InChI is InChI=1S/C18H18F3N3O3S/c1-10(2)14-9-28-16(23-14)15(25)22-13-6-7-24(17(13)26)11-4-3-5-12(8-11)27-18(19,20)21/h3-5,8-10,13H,6-7H2,1-2H3,(H,22,25). The number of carbonyl (C=O) groups excluding carboxylic acids is 2. The van der Waals surface area contributed by atoms with Gasteiger partial charge in [0.25, 0.3) is 5.91 Å². The molecule has 1 aromatic carbocycles. The second-order valence-electron chi connectivity index (χ2n) is 6.58. The molecule has 10 heteroatoms. The van der Waals surface area contributed by atoms with Gasteiger partial charge in [0, 0.05) is 23.7 Å². The van der Waals surface area contributed by atoms with Gasteiger partial charge in [-0.05, 0) is 24.5 Å². The number of nitrogens with zero attached hydrogens (tertiary/aromatic N) is 2.